The van der Waals surface area contributed by atoms with Crippen LogP contribution in [-0.2, 0) is 39.0 Å². The molecule has 0 saturated heterocycles. The number of hydrogen-bond acceptors (Lipinski definition) is 5. The number of benzene rings is 2. The number of para-hydroxylation sites is 1. The van der Waals surface area contributed by atoms with Crippen LogP contribution < -0.4 is 4.74 Å². The molecular formula is C23H25NO5. The lowest BCUT2D eigenvalue weighted by atomic mass is 9.99. The first-order chi connectivity index (χ1) is 14.0. The third-order valence-corrected chi connectivity index (χ3v) is 4.95. The van der Waals surface area contributed by atoms with E-state index in [1.165, 1.54) is 30.7 Å². The van der Waals surface area contributed by atoms with E-state index in [4.69, 9.17) is 14.2 Å². The number of nitrogens with zero attached hydrogens (tertiary/aromatic N) is 1. The molecule has 3 rings (SSSR count). The standard InChI is InChI=1S/C23H25NO5/c1-24-15-17(19-6-4-5-7-21(19)24)12-13-29-18-10-8-16(9-11-18)14-20(22(25)27-2)23(26)28-3/h4-11,15,20H,12-14H2,1-3H3. The molecular weight excluding hydrogens is 370 g/mol. The molecule has 0 fully saturated rings. The van der Waals surface area contributed by atoms with Gasteiger partial charge >= 0.3 is 11.9 Å². The summed E-state index contributed by atoms with van der Waals surface area (Å²) in [5.41, 5.74) is 3.28. The summed E-state index contributed by atoms with van der Waals surface area (Å²) in [6, 6.07) is 15.7. The fraction of sp³-hybridized carbons (Fsp3) is 0.304. The predicted octanol–water partition coefficient (Wildman–Crippen LogP) is 3.30. The van der Waals surface area contributed by atoms with Crippen LogP contribution >= 0.6 is 0 Å². The summed E-state index contributed by atoms with van der Waals surface area (Å²) in [5, 5.41) is 1.24. The first kappa shape index (κ1) is 20.5. The van der Waals surface area contributed by atoms with Crippen LogP contribution in [0.2, 0.25) is 0 Å². The average molecular weight is 395 g/mol. The van der Waals surface area contributed by atoms with Crippen LogP contribution in [0.4, 0.5) is 0 Å². The van der Waals surface area contributed by atoms with Gasteiger partial charge in [0, 0.05) is 30.6 Å². The minimum absolute atomic E-state index is 0.218. The van der Waals surface area contributed by atoms with Crippen molar-refractivity contribution in [3.63, 3.8) is 0 Å². The van der Waals surface area contributed by atoms with Gasteiger partial charge in [0.15, 0.2) is 5.92 Å². The van der Waals surface area contributed by atoms with Gasteiger partial charge in [-0.2, -0.15) is 0 Å². The zero-order valence-electron chi connectivity index (χ0n) is 16.9. The molecule has 0 N–H and O–H groups in total. The van der Waals surface area contributed by atoms with Crippen molar-refractivity contribution in [3.8, 4) is 5.75 Å². The number of carbonyl (C=O) groups excluding carboxylic acids is 2. The van der Waals surface area contributed by atoms with Crippen LogP contribution in [0.1, 0.15) is 11.1 Å². The second kappa shape index (κ2) is 9.28. The van der Waals surface area contributed by atoms with Gasteiger partial charge in [0.05, 0.1) is 20.8 Å². The Morgan fingerprint density at radius 3 is 2.28 bits per heavy atom. The number of carbonyl (C=O) groups is 2. The van der Waals surface area contributed by atoms with E-state index in [1.807, 2.05) is 43.4 Å². The van der Waals surface area contributed by atoms with Crippen LogP contribution in [0, 0.1) is 5.92 Å². The van der Waals surface area contributed by atoms with E-state index >= 15 is 0 Å². The summed E-state index contributed by atoms with van der Waals surface area (Å²) in [4.78, 5) is 23.6. The molecule has 0 aliphatic heterocycles. The summed E-state index contributed by atoms with van der Waals surface area (Å²) in [7, 11) is 4.55. The molecule has 2 aromatic carbocycles. The van der Waals surface area contributed by atoms with Crippen LogP contribution in [0.15, 0.2) is 54.7 Å². The third kappa shape index (κ3) is 4.77. The zero-order valence-corrected chi connectivity index (χ0v) is 16.9. The number of aryl methyl sites for hydroxylation is 1. The van der Waals surface area contributed by atoms with Crippen LogP contribution in [0.3, 0.4) is 0 Å². The highest BCUT2D eigenvalue weighted by atomic mass is 16.5. The molecule has 1 aromatic heterocycles. The van der Waals surface area contributed by atoms with Gasteiger partial charge in [0.2, 0.25) is 0 Å². The highest BCUT2D eigenvalue weighted by Crippen LogP contribution is 2.21. The second-order valence-corrected chi connectivity index (χ2v) is 6.83. The van der Waals surface area contributed by atoms with Gasteiger partial charge in [0.25, 0.3) is 0 Å². The van der Waals surface area contributed by atoms with Gasteiger partial charge < -0.3 is 18.8 Å². The van der Waals surface area contributed by atoms with Crippen molar-refractivity contribution in [2.45, 2.75) is 12.8 Å². The van der Waals surface area contributed by atoms with Crippen molar-refractivity contribution >= 4 is 22.8 Å². The first-order valence-corrected chi connectivity index (χ1v) is 9.43. The summed E-state index contributed by atoms with van der Waals surface area (Å²) < 4.78 is 17.4. The Labute approximate surface area is 170 Å². The van der Waals surface area contributed by atoms with Gasteiger partial charge in [-0.25, -0.2) is 0 Å². The van der Waals surface area contributed by atoms with E-state index in [-0.39, 0.29) is 6.42 Å². The van der Waals surface area contributed by atoms with Crippen molar-refractivity contribution in [2.24, 2.45) is 13.0 Å². The number of hydrogen-bond donors (Lipinski definition) is 0. The maximum absolute atomic E-state index is 11.8. The molecule has 0 atom stereocenters. The van der Waals surface area contributed by atoms with Gasteiger partial charge in [-0.15, -0.1) is 0 Å². The van der Waals surface area contributed by atoms with E-state index in [0.717, 1.165) is 17.7 Å². The summed E-state index contributed by atoms with van der Waals surface area (Å²) >= 11 is 0. The highest BCUT2D eigenvalue weighted by Gasteiger charge is 2.28. The van der Waals surface area contributed by atoms with Gasteiger partial charge in [-0.1, -0.05) is 30.3 Å². The molecule has 152 valence electrons. The van der Waals surface area contributed by atoms with Crippen molar-refractivity contribution in [3.05, 3.63) is 65.9 Å². The van der Waals surface area contributed by atoms with Crippen LogP contribution in [0.25, 0.3) is 10.9 Å². The molecule has 3 aromatic rings. The Bertz CT molecular complexity index is 974. The van der Waals surface area contributed by atoms with E-state index < -0.39 is 17.9 Å². The highest BCUT2D eigenvalue weighted by molar-refractivity contribution is 5.95. The SMILES string of the molecule is COC(=O)C(Cc1ccc(OCCc2cn(C)c3ccccc23)cc1)C(=O)OC. The molecule has 6 heteroatoms. The van der Waals surface area contributed by atoms with E-state index in [2.05, 4.69) is 22.9 Å². The van der Waals surface area contributed by atoms with Crippen molar-refractivity contribution < 1.29 is 23.8 Å². The normalized spacial score (nSPS) is 10.9. The molecule has 0 unspecified atom stereocenters. The molecule has 0 saturated carbocycles. The molecule has 1 heterocycles. The van der Waals surface area contributed by atoms with Gasteiger partial charge in [-0.3, -0.25) is 9.59 Å². The van der Waals surface area contributed by atoms with E-state index in [1.54, 1.807) is 0 Å². The largest absolute Gasteiger partial charge is 0.493 e. The van der Waals surface area contributed by atoms with E-state index in [9.17, 15) is 9.59 Å². The molecule has 29 heavy (non-hydrogen) atoms. The second-order valence-electron chi connectivity index (χ2n) is 6.83. The number of rotatable bonds is 8. The fourth-order valence-corrected chi connectivity index (χ4v) is 3.41. The number of esters is 2. The monoisotopic (exact) mass is 395 g/mol. The van der Waals surface area contributed by atoms with Crippen molar-refractivity contribution in [1.82, 2.24) is 4.57 Å². The smallest absolute Gasteiger partial charge is 0.320 e. The van der Waals surface area contributed by atoms with Crippen molar-refractivity contribution in [1.29, 1.82) is 0 Å². The minimum Gasteiger partial charge on any atom is -0.493 e. The lowest BCUT2D eigenvalue weighted by molar-refractivity contribution is -0.158. The third-order valence-electron chi connectivity index (χ3n) is 4.95. The van der Waals surface area contributed by atoms with Crippen LogP contribution in [0.5, 0.6) is 5.75 Å². The Morgan fingerprint density at radius 2 is 1.62 bits per heavy atom. The maximum atomic E-state index is 11.8. The molecule has 0 aliphatic rings. The summed E-state index contributed by atoms with van der Waals surface area (Å²) in [5.74, 6) is -1.44. The fourth-order valence-electron chi connectivity index (χ4n) is 3.41. The Morgan fingerprint density at radius 1 is 0.966 bits per heavy atom. The molecule has 6 nitrogen and oxygen atoms in total. The van der Waals surface area contributed by atoms with Gasteiger partial charge in [-0.05, 0) is 35.7 Å². The zero-order chi connectivity index (χ0) is 20.8. The lowest BCUT2D eigenvalue weighted by Gasteiger charge is -2.13. The molecule has 0 aliphatic carbocycles. The summed E-state index contributed by atoms with van der Waals surface area (Å²) in [6.07, 6.45) is 3.16. The number of aromatic nitrogens is 1. The van der Waals surface area contributed by atoms with E-state index in [0.29, 0.717) is 6.61 Å². The summed E-state index contributed by atoms with van der Waals surface area (Å²) in [6.45, 7) is 0.556. The Hall–Kier alpha value is -3.28. The number of fused-ring (bicyclic) bond motifs is 1. The topological polar surface area (TPSA) is 66.8 Å². The number of methoxy groups -OCH3 is 2. The first-order valence-electron chi connectivity index (χ1n) is 9.43. The molecule has 0 spiro atoms. The minimum atomic E-state index is -0.969. The Balaban J connectivity index is 1.59. The maximum Gasteiger partial charge on any atom is 0.320 e. The Kier molecular flexibility index (Phi) is 6.54. The number of ether oxygens (including phenoxy) is 3. The average Bonchev–Trinajstić information content (AvgIpc) is 3.08. The van der Waals surface area contributed by atoms with Crippen molar-refractivity contribution in [2.75, 3.05) is 20.8 Å². The molecule has 0 radical (unpaired) electrons. The lowest BCUT2D eigenvalue weighted by Crippen LogP contribution is -2.28. The quantitative estimate of drug-likeness (QED) is 0.432. The molecule has 0 bridgehead atoms. The van der Waals surface area contributed by atoms with Gasteiger partial charge in [0.1, 0.15) is 5.75 Å². The van der Waals surface area contributed by atoms with Crippen LogP contribution in [-0.4, -0.2) is 37.3 Å². The predicted molar refractivity (Wildman–Crippen MR) is 110 cm³/mol. The molecule has 0 amide bonds.